The average molecular weight is 360 g/mol. The molecule has 1 amide bonds. The molecule has 0 saturated carbocycles. The fourth-order valence-electron chi connectivity index (χ4n) is 2.84. The molecule has 2 aromatic carbocycles. The van der Waals surface area contributed by atoms with Gasteiger partial charge in [-0.2, -0.15) is 0 Å². The monoisotopic (exact) mass is 360 g/mol. The molecule has 3 rings (SSSR count). The second-order valence-electron chi connectivity index (χ2n) is 6.67. The Morgan fingerprint density at radius 1 is 0.926 bits per heavy atom. The van der Waals surface area contributed by atoms with Gasteiger partial charge in [-0.05, 0) is 43.5 Å². The van der Waals surface area contributed by atoms with E-state index in [9.17, 15) is 4.79 Å². The van der Waals surface area contributed by atoms with E-state index < -0.39 is 0 Å². The van der Waals surface area contributed by atoms with E-state index in [1.54, 1.807) is 6.07 Å². The number of aryl methyl sites for hydroxylation is 3. The van der Waals surface area contributed by atoms with Gasteiger partial charge in [-0.3, -0.25) is 4.79 Å². The van der Waals surface area contributed by atoms with Gasteiger partial charge < -0.3 is 10.6 Å². The number of carbonyl (C=O) groups excluding carboxylic acids is 1. The van der Waals surface area contributed by atoms with Crippen molar-refractivity contribution in [2.24, 2.45) is 0 Å². The quantitative estimate of drug-likeness (QED) is 0.699. The van der Waals surface area contributed by atoms with E-state index in [-0.39, 0.29) is 5.91 Å². The summed E-state index contributed by atoms with van der Waals surface area (Å²) in [7, 11) is 0. The lowest BCUT2D eigenvalue weighted by Crippen LogP contribution is -2.25. The molecule has 5 heteroatoms. The molecule has 0 spiro atoms. The summed E-state index contributed by atoms with van der Waals surface area (Å²) >= 11 is 0. The zero-order valence-electron chi connectivity index (χ0n) is 15.9. The molecular weight excluding hydrogens is 336 g/mol. The minimum absolute atomic E-state index is 0.206. The number of hydrogen-bond donors (Lipinski definition) is 2. The fourth-order valence-corrected chi connectivity index (χ4v) is 2.84. The van der Waals surface area contributed by atoms with E-state index in [1.165, 1.54) is 5.56 Å². The SMILES string of the molecule is Cc1cccc(CNc2nc(C)cc(C(=O)NCc3ccccc3C)n2)c1. The first-order valence-corrected chi connectivity index (χ1v) is 8.99. The van der Waals surface area contributed by atoms with Crippen LogP contribution in [0.4, 0.5) is 5.95 Å². The molecule has 0 aliphatic heterocycles. The standard InChI is InChI=1S/C22H24N4O/c1-15-7-6-9-18(11-15)13-24-22-25-17(3)12-20(26-22)21(27)23-14-19-10-5-4-8-16(19)2/h4-12H,13-14H2,1-3H3,(H,23,27)(H,24,25,26). The number of rotatable bonds is 6. The van der Waals surface area contributed by atoms with Crippen molar-refractivity contribution in [3.05, 3.63) is 88.2 Å². The Labute approximate surface area is 159 Å². The van der Waals surface area contributed by atoms with E-state index in [0.717, 1.165) is 22.4 Å². The van der Waals surface area contributed by atoms with Gasteiger partial charge in [0.15, 0.2) is 0 Å². The Balaban J connectivity index is 1.67. The lowest BCUT2D eigenvalue weighted by Gasteiger charge is -2.10. The minimum Gasteiger partial charge on any atom is -0.350 e. The molecule has 0 radical (unpaired) electrons. The molecule has 1 heterocycles. The molecule has 0 saturated heterocycles. The predicted molar refractivity (Wildman–Crippen MR) is 108 cm³/mol. The number of carbonyl (C=O) groups is 1. The van der Waals surface area contributed by atoms with Gasteiger partial charge in [0.05, 0.1) is 0 Å². The largest absolute Gasteiger partial charge is 0.350 e. The lowest BCUT2D eigenvalue weighted by atomic mass is 10.1. The maximum Gasteiger partial charge on any atom is 0.270 e. The molecular formula is C22H24N4O. The van der Waals surface area contributed by atoms with Crippen molar-refractivity contribution in [2.45, 2.75) is 33.9 Å². The van der Waals surface area contributed by atoms with Crippen molar-refractivity contribution in [2.75, 3.05) is 5.32 Å². The first kappa shape index (κ1) is 18.6. The number of nitrogens with one attached hydrogen (secondary N) is 2. The number of aromatic nitrogens is 2. The number of amides is 1. The highest BCUT2D eigenvalue weighted by atomic mass is 16.1. The molecule has 0 atom stereocenters. The normalized spacial score (nSPS) is 10.5. The molecule has 0 unspecified atom stereocenters. The topological polar surface area (TPSA) is 66.9 Å². The van der Waals surface area contributed by atoms with Crippen LogP contribution in [0, 0.1) is 20.8 Å². The van der Waals surface area contributed by atoms with Crippen molar-refractivity contribution in [1.82, 2.24) is 15.3 Å². The number of hydrogen-bond acceptors (Lipinski definition) is 4. The van der Waals surface area contributed by atoms with Crippen molar-refractivity contribution in [1.29, 1.82) is 0 Å². The van der Waals surface area contributed by atoms with Gasteiger partial charge in [-0.25, -0.2) is 9.97 Å². The van der Waals surface area contributed by atoms with Crippen LogP contribution in [-0.2, 0) is 13.1 Å². The van der Waals surface area contributed by atoms with Gasteiger partial charge in [-0.1, -0.05) is 54.1 Å². The highest BCUT2D eigenvalue weighted by molar-refractivity contribution is 5.92. The Bertz CT molecular complexity index is 953. The summed E-state index contributed by atoms with van der Waals surface area (Å²) in [6.07, 6.45) is 0. The van der Waals surface area contributed by atoms with Crippen LogP contribution in [0.1, 0.15) is 38.4 Å². The second kappa shape index (κ2) is 8.45. The molecule has 2 N–H and O–H groups in total. The van der Waals surface area contributed by atoms with Gasteiger partial charge in [0.2, 0.25) is 5.95 Å². The summed E-state index contributed by atoms with van der Waals surface area (Å²) in [5.41, 5.74) is 5.70. The smallest absolute Gasteiger partial charge is 0.270 e. The van der Waals surface area contributed by atoms with Crippen LogP contribution in [-0.4, -0.2) is 15.9 Å². The minimum atomic E-state index is -0.206. The van der Waals surface area contributed by atoms with Gasteiger partial charge in [0.1, 0.15) is 5.69 Å². The summed E-state index contributed by atoms with van der Waals surface area (Å²) in [5.74, 6) is 0.250. The fraction of sp³-hybridized carbons (Fsp3) is 0.227. The molecule has 1 aromatic heterocycles. The van der Waals surface area contributed by atoms with Gasteiger partial charge in [-0.15, -0.1) is 0 Å². The molecule has 138 valence electrons. The van der Waals surface area contributed by atoms with E-state index in [0.29, 0.717) is 24.7 Å². The molecule has 27 heavy (non-hydrogen) atoms. The summed E-state index contributed by atoms with van der Waals surface area (Å²) < 4.78 is 0. The first-order valence-electron chi connectivity index (χ1n) is 8.99. The predicted octanol–water partition coefficient (Wildman–Crippen LogP) is 3.94. The summed E-state index contributed by atoms with van der Waals surface area (Å²) in [4.78, 5) is 21.3. The maximum absolute atomic E-state index is 12.5. The van der Waals surface area contributed by atoms with Crippen LogP contribution < -0.4 is 10.6 Å². The van der Waals surface area contributed by atoms with E-state index in [2.05, 4.69) is 39.7 Å². The maximum atomic E-state index is 12.5. The van der Waals surface area contributed by atoms with Crippen LogP contribution >= 0.6 is 0 Å². The summed E-state index contributed by atoms with van der Waals surface area (Å²) in [5, 5.41) is 6.14. The Kier molecular flexibility index (Phi) is 5.81. The molecule has 3 aromatic rings. The van der Waals surface area contributed by atoms with Crippen LogP contribution in [0.2, 0.25) is 0 Å². The third-order valence-electron chi connectivity index (χ3n) is 4.32. The Morgan fingerprint density at radius 3 is 2.52 bits per heavy atom. The van der Waals surface area contributed by atoms with E-state index in [4.69, 9.17) is 0 Å². The molecule has 0 aliphatic carbocycles. The third kappa shape index (κ3) is 5.14. The Hall–Kier alpha value is -3.21. The summed E-state index contributed by atoms with van der Waals surface area (Å²) in [6.45, 7) is 7.03. The zero-order chi connectivity index (χ0) is 19.2. The van der Waals surface area contributed by atoms with Gasteiger partial charge >= 0.3 is 0 Å². The van der Waals surface area contributed by atoms with Crippen molar-refractivity contribution in [3.63, 3.8) is 0 Å². The average Bonchev–Trinajstić information content (AvgIpc) is 2.65. The highest BCUT2D eigenvalue weighted by Crippen LogP contribution is 2.10. The second-order valence-corrected chi connectivity index (χ2v) is 6.67. The molecule has 0 aliphatic rings. The van der Waals surface area contributed by atoms with Crippen LogP contribution in [0.15, 0.2) is 54.6 Å². The van der Waals surface area contributed by atoms with Gasteiger partial charge in [0.25, 0.3) is 5.91 Å². The zero-order valence-corrected chi connectivity index (χ0v) is 15.9. The molecule has 0 fully saturated rings. The van der Waals surface area contributed by atoms with Crippen molar-refractivity contribution < 1.29 is 4.79 Å². The summed E-state index contributed by atoms with van der Waals surface area (Å²) in [6, 6.07) is 17.9. The highest BCUT2D eigenvalue weighted by Gasteiger charge is 2.11. The van der Waals surface area contributed by atoms with Crippen LogP contribution in [0.25, 0.3) is 0 Å². The number of anilines is 1. The molecule has 0 bridgehead atoms. The lowest BCUT2D eigenvalue weighted by molar-refractivity contribution is 0.0945. The van der Waals surface area contributed by atoms with E-state index in [1.807, 2.05) is 50.2 Å². The third-order valence-corrected chi connectivity index (χ3v) is 4.32. The van der Waals surface area contributed by atoms with Crippen molar-refractivity contribution in [3.8, 4) is 0 Å². The van der Waals surface area contributed by atoms with E-state index >= 15 is 0 Å². The Morgan fingerprint density at radius 2 is 1.74 bits per heavy atom. The van der Waals surface area contributed by atoms with Crippen molar-refractivity contribution >= 4 is 11.9 Å². The van der Waals surface area contributed by atoms with Gasteiger partial charge in [0, 0.05) is 18.8 Å². The first-order chi connectivity index (χ1) is 13.0. The van der Waals surface area contributed by atoms with Crippen LogP contribution in [0.3, 0.4) is 0 Å². The molecule has 5 nitrogen and oxygen atoms in total. The number of benzene rings is 2. The number of nitrogens with zero attached hydrogens (tertiary/aromatic N) is 2. The van der Waals surface area contributed by atoms with Crippen LogP contribution in [0.5, 0.6) is 0 Å².